The van der Waals surface area contributed by atoms with Crippen molar-refractivity contribution in [1.29, 1.82) is 0 Å². The van der Waals surface area contributed by atoms with E-state index in [2.05, 4.69) is 71.4 Å². The van der Waals surface area contributed by atoms with Crippen LogP contribution in [0.5, 0.6) is 5.75 Å². The third kappa shape index (κ3) is 5.84. The third-order valence-corrected chi connectivity index (χ3v) is 7.23. The van der Waals surface area contributed by atoms with Crippen LogP contribution in [0.2, 0.25) is 0 Å². The van der Waals surface area contributed by atoms with Crippen LogP contribution >= 0.6 is 0 Å². The number of allylic oxidation sites excluding steroid dienone is 2. The van der Waals surface area contributed by atoms with Crippen LogP contribution in [0.15, 0.2) is 48.2 Å². The SMILES string of the molecule is COCCc1c(C)nc(CN(C)C)nc1N1CCOc2ccc(-c3ccc4c(c3)NC(C)=CCC4)cc2C1. The Hall–Kier alpha value is -3.42. The molecule has 7 nitrogen and oxygen atoms in total. The van der Waals surface area contributed by atoms with E-state index in [9.17, 15) is 0 Å². The summed E-state index contributed by atoms with van der Waals surface area (Å²) in [6, 6.07) is 13.3. The van der Waals surface area contributed by atoms with Crippen LogP contribution < -0.4 is 15.0 Å². The van der Waals surface area contributed by atoms with Crippen molar-refractivity contribution in [1.82, 2.24) is 14.9 Å². The second-order valence-corrected chi connectivity index (χ2v) is 10.5. The number of ether oxygens (including phenoxy) is 2. The van der Waals surface area contributed by atoms with Crippen molar-refractivity contribution >= 4 is 11.5 Å². The lowest BCUT2D eigenvalue weighted by molar-refractivity contribution is 0.202. The number of benzene rings is 2. The Balaban J connectivity index is 1.49. The molecule has 2 aliphatic heterocycles. The number of fused-ring (bicyclic) bond motifs is 2. The van der Waals surface area contributed by atoms with Gasteiger partial charge in [0, 0.05) is 48.3 Å². The van der Waals surface area contributed by atoms with Gasteiger partial charge in [0.05, 0.1) is 19.7 Å². The highest BCUT2D eigenvalue weighted by Crippen LogP contribution is 2.34. The molecule has 0 fully saturated rings. The van der Waals surface area contributed by atoms with Crippen molar-refractivity contribution in [2.75, 3.05) is 51.2 Å². The highest BCUT2D eigenvalue weighted by Gasteiger charge is 2.23. The van der Waals surface area contributed by atoms with Crippen LogP contribution in [-0.2, 0) is 30.7 Å². The van der Waals surface area contributed by atoms with Gasteiger partial charge in [-0.2, -0.15) is 0 Å². The molecule has 38 heavy (non-hydrogen) atoms. The molecule has 0 bridgehead atoms. The highest BCUT2D eigenvalue weighted by atomic mass is 16.5. The number of aryl methyl sites for hydroxylation is 2. The summed E-state index contributed by atoms with van der Waals surface area (Å²) in [6.45, 7) is 7.65. The molecule has 2 aromatic carbocycles. The van der Waals surface area contributed by atoms with E-state index < -0.39 is 0 Å². The first kappa shape index (κ1) is 26.2. The smallest absolute Gasteiger partial charge is 0.144 e. The monoisotopic (exact) mass is 513 g/mol. The van der Waals surface area contributed by atoms with E-state index in [-0.39, 0.29) is 0 Å². The minimum atomic E-state index is 0.608. The quantitative estimate of drug-likeness (QED) is 0.456. The van der Waals surface area contributed by atoms with Crippen molar-refractivity contribution in [3.63, 3.8) is 0 Å². The van der Waals surface area contributed by atoms with Crippen LogP contribution in [0.1, 0.15) is 41.6 Å². The maximum absolute atomic E-state index is 6.22. The average Bonchev–Trinajstić information content (AvgIpc) is 3.21. The zero-order chi connectivity index (χ0) is 26.6. The molecule has 0 aliphatic carbocycles. The molecule has 0 spiro atoms. The minimum Gasteiger partial charge on any atom is -0.491 e. The lowest BCUT2D eigenvalue weighted by Gasteiger charge is -2.26. The van der Waals surface area contributed by atoms with Gasteiger partial charge in [0.2, 0.25) is 0 Å². The number of hydrogen-bond donors (Lipinski definition) is 1. The van der Waals surface area contributed by atoms with E-state index in [1.54, 1.807) is 7.11 Å². The molecule has 0 saturated carbocycles. The lowest BCUT2D eigenvalue weighted by Crippen LogP contribution is -2.29. The largest absolute Gasteiger partial charge is 0.491 e. The van der Waals surface area contributed by atoms with Gasteiger partial charge in [-0.3, -0.25) is 0 Å². The second kappa shape index (κ2) is 11.5. The number of rotatable bonds is 7. The van der Waals surface area contributed by atoms with Gasteiger partial charge >= 0.3 is 0 Å². The Morgan fingerprint density at radius 2 is 1.87 bits per heavy atom. The van der Waals surface area contributed by atoms with Gasteiger partial charge in [-0.25, -0.2) is 9.97 Å². The van der Waals surface area contributed by atoms with Gasteiger partial charge in [-0.1, -0.05) is 24.3 Å². The maximum Gasteiger partial charge on any atom is 0.144 e. The summed E-state index contributed by atoms with van der Waals surface area (Å²) in [5.41, 5.74) is 9.51. The highest BCUT2D eigenvalue weighted by molar-refractivity contribution is 5.73. The molecule has 0 atom stereocenters. The summed E-state index contributed by atoms with van der Waals surface area (Å²) in [4.78, 5) is 14.3. The zero-order valence-electron chi connectivity index (χ0n) is 23.3. The lowest BCUT2D eigenvalue weighted by atomic mass is 9.98. The normalized spacial score (nSPS) is 15.1. The van der Waals surface area contributed by atoms with Crippen molar-refractivity contribution in [2.45, 2.75) is 46.2 Å². The molecular formula is C31H39N5O2. The molecule has 0 radical (unpaired) electrons. The molecule has 1 aromatic heterocycles. The number of nitrogens with one attached hydrogen (secondary N) is 1. The Labute approximate surface area is 226 Å². The molecule has 1 N–H and O–H groups in total. The Bertz CT molecular complexity index is 1330. The number of methoxy groups -OCH3 is 1. The summed E-state index contributed by atoms with van der Waals surface area (Å²) < 4.78 is 11.6. The van der Waals surface area contributed by atoms with Crippen LogP contribution in [0.4, 0.5) is 11.5 Å². The van der Waals surface area contributed by atoms with E-state index >= 15 is 0 Å². The van der Waals surface area contributed by atoms with Crippen molar-refractivity contribution < 1.29 is 9.47 Å². The van der Waals surface area contributed by atoms with E-state index in [4.69, 9.17) is 19.4 Å². The van der Waals surface area contributed by atoms with Crippen LogP contribution in [0.25, 0.3) is 11.1 Å². The number of nitrogens with zero attached hydrogens (tertiary/aromatic N) is 4. The number of aromatic nitrogens is 2. The molecule has 2 aliphatic rings. The molecule has 0 unspecified atom stereocenters. The molecule has 3 aromatic rings. The first-order valence-corrected chi connectivity index (χ1v) is 13.5. The zero-order valence-corrected chi connectivity index (χ0v) is 23.3. The van der Waals surface area contributed by atoms with Gasteiger partial charge in [0.15, 0.2) is 0 Å². The predicted octanol–water partition coefficient (Wildman–Crippen LogP) is 5.36. The van der Waals surface area contributed by atoms with E-state index in [1.807, 2.05) is 14.1 Å². The molecule has 0 amide bonds. The van der Waals surface area contributed by atoms with Crippen LogP contribution in [-0.4, -0.2) is 55.8 Å². The minimum absolute atomic E-state index is 0.608. The maximum atomic E-state index is 6.22. The number of hydrogen-bond acceptors (Lipinski definition) is 7. The fourth-order valence-electron chi connectivity index (χ4n) is 5.30. The standard InChI is InChI=1S/C31H39N5O2/c1-21-7-6-8-23-9-10-25(18-28(23)32-21)24-11-12-29-26(17-24)19-36(14-16-38-29)31-27(13-15-37-5)22(2)33-30(34-31)20-35(3)4/h7,9-12,17-18,32H,6,8,13-16,19-20H2,1-5H3. The molecule has 5 rings (SSSR count). The van der Waals surface area contributed by atoms with E-state index in [1.165, 1.54) is 33.6 Å². The average molecular weight is 514 g/mol. The van der Waals surface area contributed by atoms with E-state index in [0.717, 1.165) is 61.0 Å². The summed E-state index contributed by atoms with van der Waals surface area (Å²) in [5.74, 6) is 2.77. The van der Waals surface area contributed by atoms with Crippen LogP contribution in [0, 0.1) is 6.92 Å². The van der Waals surface area contributed by atoms with E-state index in [0.29, 0.717) is 19.8 Å². The topological polar surface area (TPSA) is 62.8 Å². The first-order valence-electron chi connectivity index (χ1n) is 13.5. The summed E-state index contributed by atoms with van der Waals surface area (Å²) in [5, 5.41) is 3.58. The van der Waals surface area contributed by atoms with Crippen molar-refractivity contribution in [3.8, 4) is 16.9 Å². The Morgan fingerprint density at radius 3 is 2.68 bits per heavy atom. The Kier molecular flexibility index (Phi) is 7.95. The molecule has 0 saturated heterocycles. The van der Waals surface area contributed by atoms with Crippen molar-refractivity contribution in [2.24, 2.45) is 0 Å². The summed E-state index contributed by atoms with van der Waals surface area (Å²) in [7, 11) is 5.83. The second-order valence-electron chi connectivity index (χ2n) is 10.5. The third-order valence-electron chi connectivity index (χ3n) is 7.23. The summed E-state index contributed by atoms with van der Waals surface area (Å²) >= 11 is 0. The summed E-state index contributed by atoms with van der Waals surface area (Å²) in [6.07, 6.45) is 5.18. The van der Waals surface area contributed by atoms with Crippen LogP contribution in [0.3, 0.4) is 0 Å². The molecule has 200 valence electrons. The van der Waals surface area contributed by atoms with Gasteiger partial charge in [0.25, 0.3) is 0 Å². The predicted molar refractivity (Wildman–Crippen MR) is 154 cm³/mol. The van der Waals surface area contributed by atoms with Gasteiger partial charge in [-0.15, -0.1) is 0 Å². The fourth-order valence-corrected chi connectivity index (χ4v) is 5.30. The van der Waals surface area contributed by atoms with Crippen molar-refractivity contribution in [3.05, 3.63) is 76.4 Å². The molecular weight excluding hydrogens is 474 g/mol. The molecule has 7 heteroatoms. The van der Waals surface area contributed by atoms with Gasteiger partial charge in [0.1, 0.15) is 24.0 Å². The first-order chi connectivity index (χ1) is 18.4. The Morgan fingerprint density at radius 1 is 1.05 bits per heavy atom. The fraction of sp³-hybridized carbons (Fsp3) is 0.419. The number of anilines is 2. The molecule has 3 heterocycles. The van der Waals surface area contributed by atoms with Gasteiger partial charge < -0.3 is 24.6 Å². The van der Waals surface area contributed by atoms with Gasteiger partial charge in [-0.05, 0) is 75.7 Å².